The number of halogens is 1. The molecule has 0 bridgehead atoms. The van der Waals surface area contributed by atoms with Crippen LogP contribution in [0.5, 0.6) is 5.75 Å². The van der Waals surface area contributed by atoms with Gasteiger partial charge in [0.15, 0.2) is 0 Å². The summed E-state index contributed by atoms with van der Waals surface area (Å²) in [5, 5.41) is 3.51. The highest BCUT2D eigenvalue weighted by Gasteiger charge is 2.17. The van der Waals surface area contributed by atoms with Crippen molar-refractivity contribution in [1.29, 1.82) is 0 Å². The summed E-state index contributed by atoms with van der Waals surface area (Å²) in [6.45, 7) is 2.73. The summed E-state index contributed by atoms with van der Waals surface area (Å²) in [5.41, 5.74) is 1.01. The third-order valence-electron chi connectivity index (χ3n) is 2.97. The Labute approximate surface area is 118 Å². The average Bonchev–Trinajstić information content (AvgIpc) is 2.81. The van der Waals surface area contributed by atoms with Crippen LogP contribution in [0.1, 0.15) is 31.7 Å². The maximum absolute atomic E-state index is 11.1. The van der Waals surface area contributed by atoms with Gasteiger partial charge in [0, 0.05) is 12.5 Å². The van der Waals surface area contributed by atoms with Gasteiger partial charge in [-0.2, -0.15) is 0 Å². The van der Waals surface area contributed by atoms with Crippen molar-refractivity contribution in [2.45, 2.75) is 32.2 Å². The van der Waals surface area contributed by atoms with E-state index in [1.54, 1.807) is 0 Å². The third kappa shape index (κ3) is 4.00. The Kier molecular flexibility index (Phi) is 4.86. The maximum Gasteiger partial charge on any atom is 0.220 e. The molecule has 0 spiro atoms. The second-order valence-corrected chi connectivity index (χ2v) is 5.02. The largest absolute Gasteiger partial charge is 0.492 e. The predicted octanol–water partition coefficient (Wildman–Crippen LogP) is 3.42. The second-order valence-electron chi connectivity index (χ2n) is 4.61. The van der Waals surface area contributed by atoms with Gasteiger partial charge in [-0.05, 0) is 30.5 Å². The molecule has 1 fully saturated rings. The Morgan fingerprint density at radius 2 is 2.37 bits per heavy atom. The van der Waals surface area contributed by atoms with Crippen molar-refractivity contribution >= 4 is 23.6 Å². The smallest absolute Gasteiger partial charge is 0.220 e. The number of ether oxygens (including phenoxy) is 1. The molecule has 0 saturated carbocycles. The predicted molar refractivity (Wildman–Crippen MR) is 77.4 cm³/mol. The molecule has 3 nitrogen and oxygen atoms in total. The zero-order valence-electron chi connectivity index (χ0n) is 11.0. The first-order chi connectivity index (χ1) is 9.19. The summed E-state index contributed by atoms with van der Waals surface area (Å²) in [5.74, 6) is 0.839. The second kappa shape index (κ2) is 6.62. The molecule has 1 aromatic carbocycles. The molecule has 1 heterocycles. The highest BCUT2D eigenvalue weighted by atomic mass is 35.5. The highest BCUT2D eigenvalue weighted by molar-refractivity contribution is 6.32. The molecule has 2 rings (SSSR count). The van der Waals surface area contributed by atoms with E-state index in [-0.39, 0.29) is 11.9 Å². The van der Waals surface area contributed by atoms with E-state index in [0.29, 0.717) is 18.1 Å². The van der Waals surface area contributed by atoms with Gasteiger partial charge in [-0.1, -0.05) is 36.7 Å². The molecule has 0 aromatic heterocycles. The van der Waals surface area contributed by atoms with E-state index in [1.165, 1.54) is 0 Å². The van der Waals surface area contributed by atoms with Gasteiger partial charge in [0.1, 0.15) is 5.75 Å². The molecule has 1 saturated heterocycles. The number of benzene rings is 1. The van der Waals surface area contributed by atoms with Crippen LogP contribution in [0.15, 0.2) is 24.3 Å². The fraction of sp³-hybridized carbons (Fsp3) is 0.400. The zero-order chi connectivity index (χ0) is 13.7. The average molecular weight is 280 g/mol. The lowest BCUT2D eigenvalue weighted by molar-refractivity contribution is -0.119. The van der Waals surface area contributed by atoms with Gasteiger partial charge in [0.25, 0.3) is 0 Å². The molecule has 1 amide bonds. The minimum atomic E-state index is 0.121. The highest BCUT2D eigenvalue weighted by Crippen LogP contribution is 2.26. The maximum atomic E-state index is 11.1. The molecule has 0 aliphatic carbocycles. The lowest BCUT2D eigenvalue weighted by Crippen LogP contribution is -2.22. The Morgan fingerprint density at radius 3 is 3.00 bits per heavy atom. The molecule has 0 radical (unpaired) electrons. The fourth-order valence-electron chi connectivity index (χ4n) is 1.96. The van der Waals surface area contributed by atoms with Gasteiger partial charge < -0.3 is 10.1 Å². The standard InChI is InChI=1S/C15H18ClNO2/c1-2-9-19-14-7-4-11(10-13(14)16)3-5-12-6-8-15(18)17-12/h3-5,7,10,12H,2,6,8-9H2,1H3,(H,17,18)/b5-3+/t12-/m0/s1. The molecular formula is C15H18ClNO2. The summed E-state index contributed by atoms with van der Waals surface area (Å²) in [4.78, 5) is 11.1. The van der Waals surface area contributed by atoms with E-state index in [0.717, 1.165) is 24.2 Å². The Hall–Kier alpha value is -1.48. The molecule has 102 valence electrons. The van der Waals surface area contributed by atoms with E-state index in [9.17, 15) is 4.79 Å². The first-order valence-corrected chi connectivity index (χ1v) is 6.96. The van der Waals surface area contributed by atoms with Gasteiger partial charge in [0.2, 0.25) is 5.91 Å². The number of carbonyl (C=O) groups excluding carboxylic acids is 1. The lowest BCUT2D eigenvalue weighted by atomic mass is 10.1. The van der Waals surface area contributed by atoms with Crippen LogP contribution in [0.4, 0.5) is 0 Å². The minimum Gasteiger partial charge on any atom is -0.492 e. The van der Waals surface area contributed by atoms with Gasteiger partial charge >= 0.3 is 0 Å². The van der Waals surface area contributed by atoms with E-state index >= 15 is 0 Å². The molecule has 0 unspecified atom stereocenters. The van der Waals surface area contributed by atoms with Crippen molar-refractivity contribution in [3.05, 3.63) is 34.9 Å². The number of nitrogens with one attached hydrogen (secondary N) is 1. The quantitative estimate of drug-likeness (QED) is 0.897. The Morgan fingerprint density at radius 1 is 1.53 bits per heavy atom. The summed E-state index contributed by atoms with van der Waals surface area (Å²) in [6, 6.07) is 5.86. The van der Waals surface area contributed by atoms with Crippen LogP contribution in [0.3, 0.4) is 0 Å². The first-order valence-electron chi connectivity index (χ1n) is 6.59. The van der Waals surface area contributed by atoms with Crippen molar-refractivity contribution in [2.75, 3.05) is 6.61 Å². The number of rotatable bonds is 5. The SMILES string of the molecule is CCCOc1ccc(/C=C/[C@H]2CCC(=O)N2)cc1Cl. The molecule has 1 aliphatic rings. The van der Waals surface area contributed by atoms with Crippen LogP contribution in [0, 0.1) is 0 Å². The minimum absolute atomic E-state index is 0.121. The van der Waals surface area contributed by atoms with E-state index < -0.39 is 0 Å². The molecule has 1 aromatic rings. The lowest BCUT2D eigenvalue weighted by Gasteiger charge is -2.07. The summed E-state index contributed by atoms with van der Waals surface area (Å²) in [7, 11) is 0. The van der Waals surface area contributed by atoms with E-state index in [2.05, 4.69) is 12.2 Å². The van der Waals surface area contributed by atoms with Crippen LogP contribution in [-0.4, -0.2) is 18.6 Å². The number of hydrogen-bond donors (Lipinski definition) is 1. The first kappa shape index (κ1) is 13.9. The number of carbonyl (C=O) groups is 1. The zero-order valence-corrected chi connectivity index (χ0v) is 11.7. The van der Waals surface area contributed by atoms with Crippen LogP contribution in [-0.2, 0) is 4.79 Å². The monoisotopic (exact) mass is 279 g/mol. The van der Waals surface area contributed by atoms with Crippen LogP contribution in [0.25, 0.3) is 6.08 Å². The summed E-state index contributed by atoms with van der Waals surface area (Å²) in [6.07, 6.45) is 6.41. The third-order valence-corrected chi connectivity index (χ3v) is 3.26. The normalized spacial score (nSPS) is 18.8. The summed E-state index contributed by atoms with van der Waals surface area (Å²) >= 11 is 6.16. The molecule has 1 aliphatic heterocycles. The van der Waals surface area contributed by atoms with Crippen molar-refractivity contribution in [2.24, 2.45) is 0 Å². The van der Waals surface area contributed by atoms with Crippen molar-refractivity contribution in [3.8, 4) is 5.75 Å². The van der Waals surface area contributed by atoms with Gasteiger partial charge in [-0.3, -0.25) is 4.79 Å². The van der Waals surface area contributed by atoms with Crippen LogP contribution < -0.4 is 10.1 Å². The molecule has 19 heavy (non-hydrogen) atoms. The van der Waals surface area contributed by atoms with Crippen molar-refractivity contribution < 1.29 is 9.53 Å². The summed E-state index contributed by atoms with van der Waals surface area (Å²) < 4.78 is 5.52. The van der Waals surface area contributed by atoms with Crippen LogP contribution >= 0.6 is 11.6 Å². The Balaban J connectivity index is 1.99. The number of hydrogen-bond acceptors (Lipinski definition) is 2. The molecule has 1 N–H and O–H groups in total. The van der Waals surface area contributed by atoms with Crippen molar-refractivity contribution in [1.82, 2.24) is 5.32 Å². The fourth-order valence-corrected chi connectivity index (χ4v) is 2.20. The van der Waals surface area contributed by atoms with Gasteiger partial charge in [-0.25, -0.2) is 0 Å². The van der Waals surface area contributed by atoms with Gasteiger partial charge in [0.05, 0.1) is 11.6 Å². The topological polar surface area (TPSA) is 38.3 Å². The van der Waals surface area contributed by atoms with Crippen molar-refractivity contribution in [3.63, 3.8) is 0 Å². The van der Waals surface area contributed by atoms with Gasteiger partial charge in [-0.15, -0.1) is 0 Å². The molecule has 4 heteroatoms. The number of amides is 1. The Bertz CT molecular complexity index is 485. The molecular weight excluding hydrogens is 262 g/mol. The van der Waals surface area contributed by atoms with E-state index in [1.807, 2.05) is 30.4 Å². The van der Waals surface area contributed by atoms with E-state index in [4.69, 9.17) is 16.3 Å². The van der Waals surface area contributed by atoms with Crippen LogP contribution in [0.2, 0.25) is 5.02 Å². The molecule has 1 atom stereocenters.